The maximum absolute atomic E-state index is 13.0. The average molecular weight is 383 g/mol. The Bertz CT molecular complexity index is 810. The van der Waals surface area contributed by atoms with Gasteiger partial charge in [0, 0.05) is 13.1 Å². The second-order valence-corrected chi connectivity index (χ2v) is 7.49. The molecule has 2 aromatic carbocycles. The van der Waals surface area contributed by atoms with Crippen LogP contribution >= 0.6 is 0 Å². The third-order valence-corrected chi connectivity index (χ3v) is 5.24. The number of nitrogens with zero attached hydrogens (tertiary/aromatic N) is 1. The van der Waals surface area contributed by atoms with Crippen molar-refractivity contribution in [2.45, 2.75) is 38.6 Å². The van der Waals surface area contributed by atoms with Gasteiger partial charge in [-0.05, 0) is 24.5 Å². The van der Waals surface area contributed by atoms with Crippen LogP contribution in [0.1, 0.15) is 24.5 Å². The summed E-state index contributed by atoms with van der Waals surface area (Å²) in [5, 5.41) is 20.2. The Morgan fingerprint density at radius 1 is 1.07 bits per heavy atom. The molecule has 6 heteroatoms. The summed E-state index contributed by atoms with van der Waals surface area (Å²) in [4.78, 5) is 26.8. The van der Waals surface area contributed by atoms with Crippen LogP contribution in [-0.4, -0.2) is 45.7 Å². The van der Waals surface area contributed by atoms with E-state index in [9.17, 15) is 19.8 Å². The number of benzene rings is 2. The van der Waals surface area contributed by atoms with Gasteiger partial charge in [0.2, 0.25) is 0 Å². The van der Waals surface area contributed by atoms with Crippen molar-refractivity contribution < 1.29 is 24.5 Å². The summed E-state index contributed by atoms with van der Waals surface area (Å²) in [5.41, 5.74) is 0.323. The number of carbonyl (C=O) groups is 2. The number of β-amino-alcohol motifs (C(OH)–C–C–N with tert-alkyl or cyclic N) is 1. The van der Waals surface area contributed by atoms with Gasteiger partial charge in [0.15, 0.2) is 0 Å². The number of esters is 1. The van der Waals surface area contributed by atoms with Crippen LogP contribution in [0.15, 0.2) is 60.7 Å². The van der Waals surface area contributed by atoms with E-state index >= 15 is 0 Å². The van der Waals surface area contributed by atoms with E-state index in [4.69, 9.17) is 4.74 Å². The van der Waals surface area contributed by atoms with Crippen molar-refractivity contribution in [3.63, 3.8) is 0 Å². The zero-order chi connectivity index (χ0) is 20.1. The Morgan fingerprint density at radius 3 is 2.21 bits per heavy atom. The first-order chi connectivity index (χ1) is 13.4. The molecule has 148 valence electrons. The van der Waals surface area contributed by atoms with Crippen LogP contribution in [0, 0.1) is 5.41 Å². The van der Waals surface area contributed by atoms with Crippen molar-refractivity contribution in [1.29, 1.82) is 0 Å². The SMILES string of the molecule is C[C@]1(C(=O)O)C[C@H](O)CN(Cc2ccccc2)[C@@H]1C(=O)OCc1ccccc1. The van der Waals surface area contributed by atoms with Crippen molar-refractivity contribution in [3.05, 3.63) is 71.8 Å². The van der Waals surface area contributed by atoms with Crippen molar-refractivity contribution in [1.82, 2.24) is 4.90 Å². The molecule has 1 fully saturated rings. The highest BCUT2D eigenvalue weighted by atomic mass is 16.5. The molecule has 2 N–H and O–H groups in total. The van der Waals surface area contributed by atoms with E-state index in [1.807, 2.05) is 60.7 Å². The van der Waals surface area contributed by atoms with Gasteiger partial charge in [0.05, 0.1) is 11.5 Å². The van der Waals surface area contributed by atoms with E-state index in [-0.39, 0.29) is 19.6 Å². The summed E-state index contributed by atoms with van der Waals surface area (Å²) < 4.78 is 5.49. The summed E-state index contributed by atoms with van der Waals surface area (Å²) in [7, 11) is 0. The van der Waals surface area contributed by atoms with Crippen molar-refractivity contribution in [2.24, 2.45) is 5.41 Å². The fourth-order valence-electron chi connectivity index (χ4n) is 3.84. The third kappa shape index (κ3) is 4.40. The summed E-state index contributed by atoms with van der Waals surface area (Å²) in [6, 6.07) is 17.7. The first kappa shape index (κ1) is 20.0. The lowest BCUT2D eigenvalue weighted by Crippen LogP contribution is -2.62. The van der Waals surface area contributed by atoms with E-state index < -0.39 is 29.5 Å². The lowest BCUT2D eigenvalue weighted by Gasteiger charge is -2.46. The number of aliphatic hydroxyl groups is 1. The normalized spacial score (nSPS) is 25.2. The Labute approximate surface area is 164 Å². The monoisotopic (exact) mass is 383 g/mol. The second-order valence-electron chi connectivity index (χ2n) is 7.49. The first-order valence-corrected chi connectivity index (χ1v) is 9.30. The molecule has 3 rings (SSSR count). The predicted molar refractivity (Wildman–Crippen MR) is 103 cm³/mol. The number of carboxylic acid groups (broad SMARTS) is 1. The maximum Gasteiger partial charge on any atom is 0.324 e. The quantitative estimate of drug-likeness (QED) is 0.745. The molecule has 6 nitrogen and oxygen atoms in total. The molecule has 1 aliphatic heterocycles. The highest BCUT2D eigenvalue weighted by Crippen LogP contribution is 2.38. The van der Waals surface area contributed by atoms with Gasteiger partial charge in [0.1, 0.15) is 12.6 Å². The molecule has 0 amide bonds. The minimum absolute atomic E-state index is 0.00126. The van der Waals surface area contributed by atoms with Crippen LogP contribution < -0.4 is 0 Å². The van der Waals surface area contributed by atoms with Gasteiger partial charge in [-0.15, -0.1) is 0 Å². The topological polar surface area (TPSA) is 87.1 Å². The van der Waals surface area contributed by atoms with E-state index in [0.717, 1.165) is 11.1 Å². The van der Waals surface area contributed by atoms with Crippen LogP contribution in [0.5, 0.6) is 0 Å². The summed E-state index contributed by atoms with van der Waals surface area (Å²) in [6.07, 6.45) is -0.832. The molecule has 0 spiro atoms. The molecule has 2 aromatic rings. The summed E-state index contributed by atoms with van der Waals surface area (Å²) >= 11 is 0. The fourth-order valence-corrected chi connectivity index (χ4v) is 3.84. The number of carbonyl (C=O) groups excluding carboxylic acids is 1. The summed E-state index contributed by atoms with van der Waals surface area (Å²) in [5.74, 6) is -1.71. The van der Waals surface area contributed by atoms with Crippen molar-refractivity contribution in [2.75, 3.05) is 6.54 Å². The van der Waals surface area contributed by atoms with E-state index in [2.05, 4.69) is 0 Å². The van der Waals surface area contributed by atoms with Gasteiger partial charge in [-0.3, -0.25) is 14.5 Å². The summed E-state index contributed by atoms with van der Waals surface area (Å²) in [6.45, 7) is 2.15. The Hall–Kier alpha value is -2.70. The maximum atomic E-state index is 13.0. The molecule has 0 radical (unpaired) electrons. The van der Waals surface area contributed by atoms with Crippen LogP contribution in [-0.2, 0) is 27.5 Å². The average Bonchev–Trinajstić information content (AvgIpc) is 2.67. The molecule has 1 heterocycles. The molecule has 0 unspecified atom stereocenters. The molecule has 3 atom stereocenters. The molecular weight excluding hydrogens is 358 g/mol. The molecule has 28 heavy (non-hydrogen) atoms. The number of ether oxygens (including phenoxy) is 1. The Morgan fingerprint density at radius 2 is 1.64 bits per heavy atom. The van der Waals surface area contributed by atoms with Crippen LogP contribution in [0.25, 0.3) is 0 Å². The van der Waals surface area contributed by atoms with Gasteiger partial charge in [0.25, 0.3) is 0 Å². The number of hydrogen-bond acceptors (Lipinski definition) is 5. The van der Waals surface area contributed by atoms with Gasteiger partial charge >= 0.3 is 11.9 Å². The molecule has 0 aliphatic carbocycles. The van der Waals surface area contributed by atoms with Gasteiger partial charge < -0.3 is 14.9 Å². The third-order valence-electron chi connectivity index (χ3n) is 5.24. The lowest BCUT2D eigenvalue weighted by molar-refractivity contribution is -0.177. The van der Waals surface area contributed by atoms with Crippen LogP contribution in [0.4, 0.5) is 0 Å². The number of hydrogen-bond donors (Lipinski definition) is 2. The minimum atomic E-state index is -1.44. The number of likely N-dealkylation sites (tertiary alicyclic amines) is 1. The van der Waals surface area contributed by atoms with E-state index in [1.54, 1.807) is 4.90 Å². The second kappa shape index (κ2) is 8.54. The van der Waals surface area contributed by atoms with E-state index in [1.165, 1.54) is 6.92 Å². The molecule has 0 bridgehead atoms. The van der Waals surface area contributed by atoms with Crippen molar-refractivity contribution in [3.8, 4) is 0 Å². The number of aliphatic carboxylic acids is 1. The fraction of sp³-hybridized carbons (Fsp3) is 0.364. The molecule has 0 aromatic heterocycles. The smallest absolute Gasteiger partial charge is 0.324 e. The molecule has 1 saturated heterocycles. The Kier molecular flexibility index (Phi) is 6.11. The zero-order valence-corrected chi connectivity index (χ0v) is 15.8. The standard InChI is InChI=1S/C22H25NO5/c1-22(21(26)27)12-18(24)14-23(13-16-8-4-2-5-9-16)19(22)20(25)28-15-17-10-6-3-7-11-17/h2-11,18-19,24H,12-15H2,1H3,(H,26,27)/t18-,19+,22-/m0/s1. The predicted octanol–water partition coefficient (Wildman–Crippen LogP) is 2.46. The lowest BCUT2D eigenvalue weighted by atomic mass is 9.73. The van der Waals surface area contributed by atoms with Gasteiger partial charge in [-0.2, -0.15) is 0 Å². The molecule has 1 aliphatic rings. The number of piperidine rings is 1. The number of aliphatic hydroxyl groups excluding tert-OH is 1. The highest BCUT2D eigenvalue weighted by Gasteiger charge is 2.53. The van der Waals surface area contributed by atoms with Gasteiger partial charge in [-0.25, -0.2) is 0 Å². The van der Waals surface area contributed by atoms with Crippen LogP contribution in [0.2, 0.25) is 0 Å². The zero-order valence-electron chi connectivity index (χ0n) is 15.8. The number of carboxylic acids is 1. The van der Waals surface area contributed by atoms with E-state index in [0.29, 0.717) is 6.54 Å². The molecule has 0 saturated carbocycles. The number of rotatable bonds is 6. The highest BCUT2D eigenvalue weighted by molar-refractivity contribution is 5.87. The Balaban J connectivity index is 1.85. The largest absolute Gasteiger partial charge is 0.481 e. The van der Waals surface area contributed by atoms with Gasteiger partial charge in [-0.1, -0.05) is 60.7 Å². The first-order valence-electron chi connectivity index (χ1n) is 9.30. The minimum Gasteiger partial charge on any atom is -0.481 e. The van der Waals surface area contributed by atoms with Crippen molar-refractivity contribution >= 4 is 11.9 Å². The molecular formula is C22H25NO5. The van der Waals surface area contributed by atoms with Crippen LogP contribution in [0.3, 0.4) is 0 Å².